The minimum atomic E-state index is 0.301. The maximum absolute atomic E-state index is 5.85. The van der Waals surface area contributed by atoms with E-state index < -0.39 is 0 Å². The largest absolute Gasteiger partial charge is 0.421 e. The van der Waals surface area contributed by atoms with Gasteiger partial charge in [-0.2, -0.15) is 4.98 Å². The lowest BCUT2D eigenvalue weighted by molar-refractivity contribution is 0.441. The molecule has 0 radical (unpaired) electrons. The van der Waals surface area contributed by atoms with E-state index in [0.29, 0.717) is 17.4 Å². The SMILES string of the molecule is Cc1cccc(Oc2ncn(C)n2)c1N. The normalized spacial score (nSPS) is 10.3. The van der Waals surface area contributed by atoms with Gasteiger partial charge in [0, 0.05) is 7.05 Å². The fourth-order valence-corrected chi connectivity index (χ4v) is 1.21. The molecule has 0 amide bonds. The summed E-state index contributed by atoms with van der Waals surface area (Å²) in [5.74, 6) is 0.584. The molecule has 1 heterocycles. The van der Waals surface area contributed by atoms with Crippen molar-refractivity contribution in [1.29, 1.82) is 0 Å². The Hall–Kier alpha value is -2.04. The minimum absolute atomic E-state index is 0.301. The minimum Gasteiger partial charge on any atom is -0.421 e. The molecule has 15 heavy (non-hydrogen) atoms. The number of nitrogen functional groups attached to an aromatic ring is 1. The number of aryl methyl sites for hydroxylation is 2. The quantitative estimate of drug-likeness (QED) is 0.753. The van der Waals surface area contributed by atoms with E-state index in [1.165, 1.54) is 0 Å². The van der Waals surface area contributed by atoms with Crippen LogP contribution in [-0.2, 0) is 7.05 Å². The summed E-state index contributed by atoms with van der Waals surface area (Å²) in [7, 11) is 1.78. The molecule has 5 heteroatoms. The van der Waals surface area contributed by atoms with E-state index in [4.69, 9.17) is 10.5 Å². The zero-order chi connectivity index (χ0) is 10.8. The molecule has 0 aliphatic heterocycles. The van der Waals surface area contributed by atoms with Gasteiger partial charge < -0.3 is 10.5 Å². The molecule has 0 aliphatic carbocycles. The first kappa shape index (κ1) is 9.51. The van der Waals surface area contributed by atoms with E-state index in [0.717, 1.165) is 5.56 Å². The predicted octanol–water partition coefficient (Wildman–Crippen LogP) is 1.50. The summed E-state index contributed by atoms with van der Waals surface area (Å²) < 4.78 is 7.01. The van der Waals surface area contributed by atoms with Crippen LogP contribution >= 0.6 is 0 Å². The molecular weight excluding hydrogens is 192 g/mol. The van der Waals surface area contributed by atoms with E-state index in [1.54, 1.807) is 24.1 Å². The lowest BCUT2D eigenvalue weighted by atomic mass is 10.2. The van der Waals surface area contributed by atoms with Gasteiger partial charge in [0.2, 0.25) is 0 Å². The molecule has 0 saturated heterocycles. The van der Waals surface area contributed by atoms with Crippen LogP contribution in [0.2, 0.25) is 0 Å². The molecule has 2 rings (SSSR count). The van der Waals surface area contributed by atoms with Crippen LogP contribution in [0, 0.1) is 6.92 Å². The second-order valence-electron chi connectivity index (χ2n) is 3.29. The fraction of sp³-hybridized carbons (Fsp3) is 0.200. The number of rotatable bonds is 2. The van der Waals surface area contributed by atoms with E-state index in [2.05, 4.69) is 10.1 Å². The number of hydrogen-bond acceptors (Lipinski definition) is 4. The first-order valence-corrected chi connectivity index (χ1v) is 4.55. The van der Waals surface area contributed by atoms with Crippen LogP contribution in [-0.4, -0.2) is 14.8 Å². The van der Waals surface area contributed by atoms with Gasteiger partial charge in [-0.1, -0.05) is 12.1 Å². The van der Waals surface area contributed by atoms with Crippen molar-refractivity contribution in [2.45, 2.75) is 6.92 Å². The van der Waals surface area contributed by atoms with Gasteiger partial charge in [0.15, 0.2) is 5.75 Å². The molecule has 0 bridgehead atoms. The zero-order valence-electron chi connectivity index (χ0n) is 8.64. The summed E-state index contributed by atoms with van der Waals surface area (Å²) in [5, 5.41) is 4.00. The Labute approximate surface area is 87.5 Å². The molecular formula is C10H12N4O. The Morgan fingerprint density at radius 2 is 2.20 bits per heavy atom. The van der Waals surface area contributed by atoms with Gasteiger partial charge in [0.1, 0.15) is 6.33 Å². The van der Waals surface area contributed by atoms with Gasteiger partial charge in [0.25, 0.3) is 0 Å². The summed E-state index contributed by atoms with van der Waals surface area (Å²) in [6.07, 6.45) is 1.57. The number of aromatic nitrogens is 3. The average molecular weight is 204 g/mol. The molecule has 0 aliphatic rings. The topological polar surface area (TPSA) is 66.0 Å². The molecule has 0 saturated carbocycles. The van der Waals surface area contributed by atoms with E-state index in [-0.39, 0.29) is 0 Å². The van der Waals surface area contributed by atoms with Crippen molar-refractivity contribution in [3.8, 4) is 11.8 Å². The van der Waals surface area contributed by atoms with Gasteiger partial charge in [-0.15, -0.1) is 5.10 Å². The second kappa shape index (κ2) is 3.61. The van der Waals surface area contributed by atoms with Crippen LogP contribution in [0.15, 0.2) is 24.5 Å². The third kappa shape index (κ3) is 1.90. The van der Waals surface area contributed by atoms with E-state index >= 15 is 0 Å². The average Bonchev–Trinajstić information content (AvgIpc) is 2.59. The molecule has 0 fully saturated rings. The monoisotopic (exact) mass is 204 g/mol. The van der Waals surface area contributed by atoms with E-state index in [1.807, 2.05) is 19.1 Å². The third-order valence-electron chi connectivity index (χ3n) is 2.06. The number of benzene rings is 1. The number of ether oxygens (including phenoxy) is 1. The Bertz CT molecular complexity index is 478. The number of anilines is 1. The Morgan fingerprint density at radius 3 is 2.87 bits per heavy atom. The van der Waals surface area contributed by atoms with Crippen LogP contribution in [0.5, 0.6) is 11.8 Å². The van der Waals surface area contributed by atoms with Crippen molar-refractivity contribution >= 4 is 5.69 Å². The maximum Gasteiger partial charge on any atom is 0.341 e. The van der Waals surface area contributed by atoms with Crippen LogP contribution < -0.4 is 10.5 Å². The van der Waals surface area contributed by atoms with Gasteiger partial charge >= 0.3 is 6.01 Å². The number of hydrogen-bond donors (Lipinski definition) is 1. The standard InChI is InChI=1S/C10H12N4O/c1-7-4-3-5-8(9(7)11)15-10-12-6-14(2)13-10/h3-6H,11H2,1-2H3. The van der Waals surface area contributed by atoms with Crippen molar-refractivity contribution < 1.29 is 4.74 Å². The highest BCUT2D eigenvalue weighted by Gasteiger charge is 2.06. The fourth-order valence-electron chi connectivity index (χ4n) is 1.21. The Balaban J connectivity index is 2.28. The Morgan fingerprint density at radius 1 is 1.40 bits per heavy atom. The van der Waals surface area contributed by atoms with Crippen molar-refractivity contribution in [3.63, 3.8) is 0 Å². The zero-order valence-corrected chi connectivity index (χ0v) is 8.64. The lowest BCUT2D eigenvalue weighted by Gasteiger charge is -2.06. The van der Waals surface area contributed by atoms with Gasteiger partial charge in [-0.05, 0) is 18.6 Å². The highest BCUT2D eigenvalue weighted by atomic mass is 16.5. The molecule has 2 N–H and O–H groups in total. The molecule has 1 aromatic heterocycles. The van der Waals surface area contributed by atoms with Crippen LogP contribution in [0.3, 0.4) is 0 Å². The smallest absolute Gasteiger partial charge is 0.341 e. The Kier molecular flexibility index (Phi) is 2.29. The number of nitrogens with zero attached hydrogens (tertiary/aromatic N) is 3. The van der Waals surface area contributed by atoms with E-state index in [9.17, 15) is 0 Å². The summed E-state index contributed by atoms with van der Waals surface area (Å²) in [5.41, 5.74) is 7.44. The first-order valence-electron chi connectivity index (χ1n) is 4.55. The van der Waals surface area contributed by atoms with Crippen LogP contribution in [0.4, 0.5) is 5.69 Å². The maximum atomic E-state index is 5.85. The molecule has 2 aromatic rings. The predicted molar refractivity (Wildman–Crippen MR) is 56.7 cm³/mol. The molecule has 0 spiro atoms. The molecule has 0 unspecified atom stereocenters. The highest BCUT2D eigenvalue weighted by Crippen LogP contribution is 2.27. The van der Waals surface area contributed by atoms with Gasteiger partial charge in [-0.25, -0.2) is 0 Å². The van der Waals surface area contributed by atoms with Gasteiger partial charge in [0.05, 0.1) is 5.69 Å². The number of para-hydroxylation sites is 1. The first-order chi connectivity index (χ1) is 7.16. The highest BCUT2D eigenvalue weighted by molar-refractivity contribution is 5.58. The lowest BCUT2D eigenvalue weighted by Crippen LogP contribution is -1.96. The van der Waals surface area contributed by atoms with Crippen LogP contribution in [0.25, 0.3) is 0 Å². The van der Waals surface area contributed by atoms with Crippen molar-refractivity contribution in [1.82, 2.24) is 14.8 Å². The van der Waals surface area contributed by atoms with Gasteiger partial charge in [-0.3, -0.25) is 4.68 Å². The summed E-state index contributed by atoms with van der Waals surface area (Å²) >= 11 is 0. The summed E-state index contributed by atoms with van der Waals surface area (Å²) in [6.45, 7) is 1.92. The van der Waals surface area contributed by atoms with Crippen molar-refractivity contribution in [2.75, 3.05) is 5.73 Å². The molecule has 0 atom stereocenters. The summed E-state index contributed by atoms with van der Waals surface area (Å²) in [4.78, 5) is 3.96. The molecule has 5 nitrogen and oxygen atoms in total. The molecule has 78 valence electrons. The molecule has 1 aromatic carbocycles. The van der Waals surface area contributed by atoms with Crippen molar-refractivity contribution in [2.24, 2.45) is 7.05 Å². The summed E-state index contributed by atoms with van der Waals surface area (Å²) in [6, 6.07) is 5.89. The number of nitrogens with two attached hydrogens (primary N) is 1. The van der Waals surface area contributed by atoms with Crippen molar-refractivity contribution in [3.05, 3.63) is 30.1 Å². The van der Waals surface area contributed by atoms with Crippen LogP contribution in [0.1, 0.15) is 5.56 Å². The second-order valence-corrected chi connectivity index (χ2v) is 3.29. The third-order valence-corrected chi connectivity index (χ3v) is 2.06.